The number of nitrogens with zero attached hydrogens (tertiary/aromatic N) is 2. The van der Waals surface area contributed by atoms with E-state index in [1.165, 1.54) is 24.8 Å². The third-order valence-electron chi connectivity index (χ3n) is 5.45. The lowest BCUT2D eigenvalue weighted by Gasteiger charge is -2.31. The molecule has 1 saturated carbocycles. The fourth-order valence-corrected chi connectivity index (χ4v) is 3.71. The van der Waals surface area contributed by atoms with Gasteiger partial charge in [-0.05, 0) is 24.8 Å². The van der Waals surface area contributed by atoms with Crippen molar-refractivity contribution in [3.63, 3.8) is 0 Å². The molecule has 1 atom stereocenters. The van der Waals surface area contributed by atoms with Gasteiger partial charge in [-0.3, -0.25) is 4.79 Å². The molecule has 0 aromatic heterocycles. The molecule has 29 heavy (non-hydrogen) atoms. The number of likely N-dealkylation sites (N-methyl/N-ethyl adjacent to an activating group) is 1. The molecule has 7 heteroatoms. The Morgan fingerprint density at radius 1 is 1.17 bits per heavy atom. The van der Waals surface area contributed by atoms with Gasteiger partial charge in [0.05, 0.1) is 6.61 Å². The highest BCUT2D eigenvalue weighted by Gasteiger charge is 2.42. The highest BCUT2D eigenvalue weighted by molar-refractivity contribution is 5.84. The summed E-state index contributed by atoms with van der Waals surface area (Å²) in [6.45, 7) is 2.05. The van der Waals surface area contributed by atoms with E-state index in [2.05, 4.69) is 27.8 Å². The van der Waals surface area contributed by atoms with E-state index in [9.17, 15) is 4.79 Å². The quantitative estimate of drug-likeness (QED) is 0.538. The number of hydrogen-bond acceptors (Lipinski definition) is 4. The van der Waals surface area contributed by atoms with E-state index in [-0.39, 0.29) is 24.3 Å². The monoisotopic (exact) mass is 402 g/mol. The second-order valence-corrected chi connectivity index (χ2v) is 8.02. The molecule has 2 aliphatic rings. The first-order valence-corrected chi connectivity index (χ1v) is 10.6. The van der Waals surface area contributed by atoms with Crippen LogP contribution in [0, 0.1) is 0 Å². The molecule has 160 valence electrons. The van der Waals surface area contributed by atoms with E-state index in [1.807, 2.05) is 18.2 Å². The summed E-state index contributed by atoms with van der Waals surface area (Å²) in [6.07, 6.45) is 6.45. The summed E-state index contributed by atoms with van der Waals surface area (Å²) in [6, 6.07) is 10.3. The Balaban J connectivity index is 1.50. The van der Waals surface area contributed by atoms with Crippen LogP contribution in [0.25, 0.3) is 0 Å². The summed E-state index contributed by atoms with van der Waals surface area (Å²) < 4.78 is 12.2. The molecular weight excluding hydrogens is 368 g/mol. The average Bonchev–Trinajstić information content (AvgIpc) is 3.12. The fourth-order valence-electron chi connectivity index (χ4n) is 3.71. The zero-order valence-corrected chi connectivity index (χ0v) is 17.7. The van der Waals surface area contributed by atoms with Crippen molar-refractivity contribution in [2.75, 3.05) is 40.3 Å². The van der Waals surface area contributed by atoms with Crippen LogP contribution in [0.5, 0.6) is 0 Å². The van der Waals surface area contributed by atoms with Gasteiger partial charge in [0.15, 0.2) is 11.7 Å². The Labute approximate surface area is 173 Å². The zero-order chi connectivity index (χ0) is 20.5. The van der Waals surface area contributed by atoms with Gasteiger partial charge in [-0.25, -0.2) is 4.99 Å². The average molecular weight is 403 g/mol. The van der Waals surface area contributed by atoms with Crippen molar-refractivity contribution in [2.24, 2.45) is 4.99 Å². The SMILES string of the molecule is CN(C)C(=O)CN=C(NCCc1ccccc1)NCC1COC2(CCCCC2)O1. The number of carbonyl (C=O) groups excluding carboxylic acids is 1. The molecular formula is C22H34N4O3. The Bertz CT molecular complexity index is 672. The minimum atomic E-state index is -0.371. The molecule has 0 radical (unpaired) electrons. The first-order chi connectivity index (χ1) is 14.1. The third-order valence-corrected chi connectivity index (χ3v) is 5.45. The second-order valence-electron chi connectivity index (χ2n) is 8.02. The van der Waals surface area contributed by atoms with E-state index in [4.69, 9.17) is 9.47 Å². The van der Waals surface area contributed by atoms with Gasteiger partial charge in [-0.2, -0.15) is 0 Å². The Morgan fingerprint density at radius 3 is 2.66 bits per heavy atom. The molecule has 1 aliphatic heterocycles. The molecule has 1 spiro atoms. The van der Waals surface area contributed by atoms with Crippen molar-refractivity contribution in [1.29, 1.82) is 0 Å². The third kappa shape index (κ3) is 6.72. The molecule has 1 heterocycles. The van der Waals surface area contributed by atoms with Crippen molar-refractivity contribution in [2.45, 2.75) is 50.4 Å². The minimum absolute atomic E-state index is 0.00114. The van der Waals surface area contributed by atoms with Gasteiger partial charge in [0, 0.05) is 40.0 Å². The van der Waals surface area contributed by atoms with Crippen molar-refractivity contribution < 1.29 is 14.3 Å². The van der Waals surface area contributed by atoms with Crippen LogP contribution in [0.3, 0.4) is 0 Å². The number of nitrogens with one attached hydrogen (secondary N) is 2. The maximum Gasteiger partial charge on any atom is 0.243 e. The molecule has 1 unspecified atom stereocenters. The number of hydrogen-bond donors (Lipinski definition) is 2. The summed E-state index contributed by atoms with van der Waals surface area (Å²) in [5, 5.41) is 6.66. The normalized spacial score (nSPS) is 21.2. The Kier molecular flexibility index (Phi) is 7.89. The van der Waals surface area contributed by atoms with Crippen molar-refractivity contribution in [3.8, 4) is 0 Å². The topological polar surface area (TPSA) is 75.2 Å². The lowest BCUT2D eigenvalue weighted by Crippen LogP contribution is -2.43. The van der Waals surface area contributed by atoms with Gasteiger partial charge in [0.2, 0.25) is 5.91 Å². The van der Waals surface area contributed by atoms with E-state index >= 15 is 0 Å². The van der Waals surface area contributed by atoms with E-state index in [0.717, 1.165) is 25.8 Å². The lowest BCUT2D eigenvalue weighted by atomic mass is 9.94. The predicted octanol–water partition coefficient (Wildman–Crippen LogP) is 1.93. The van der Waals surface area contributed by atoms with Gasteiger partial charge in [0.25, 0.3) is 0 Å². The number of ether oxygens (including phenoxy) is 2. The number of guanidine groups is 1. The number of carbonyl (C=O) groups is 1. The lowest BCUT2D eigenvalue weighted by molar-refractivity contribution is -0.186. The van der Waals surface area contributed by atoms with Crippen molar-refractivity contribution in [1.82, 2.24) is 15.5 Å². The number of rotatable bonds is 7. The van der Waals surface area contributed by atoms with Crippen molar-refractivity contribution >= 4 is 11.9 Å². The second kappa shape index (κ2) is 10.6. The van der Waals surface area contributed by atoms with Crippen LogP contribution < -0.4 is 10.6 Å². The van der Waals surface area contributed by atoms with Gasteiger partial charge in [-0.1, -0.05) is 36.8 Å². The van der Waals surface area contributed by atoms with Crippen molar-refractivity contribution in [3.05, 3.63) is 35.9 Å². The molecule has 2 N–H and O–H groups in total. The maximum atomic E-state index is 11.9. The van der Waals surface area contributed by atoms with Crippen LogP contribution in [0.4, 0.5) is 0 Å². The molecule has 1 aliphatic carbocycles. The van der Waals surface area contributed by atoms with Crippen LogP contribution in [0.1, 0.15) is 37.7 Å². The molecule has 3 rings (SSSR count). The number of benzene rings is 1. The van der Waals surface area contributed by atoms with Gasteiger partial charge in [-0.15, -0.1) is 0 Å². The fraction of sp³-hybridized carbons (Fsp3) is 0.636. The van der Waals surface area contributed by atoms with Gasteiger partial charge >= 0.3 is 0 Å². The van der Waals surface area contributed by atoms with E-state index in [1.54, 1.807) is 19.0 Å². The van der Waals surface area contributed by atoms with Gasteiger partial charge < -0.3 is 25.0 Å². The standard InChI is InChI=1S/C22H34N4O3/c1-26(2)20(27)16-25-21(23-14-11-18-9-5-3-6-10-18)24-15-19-17-28-22(29-19)12-7-4-8-13-22/h3,5-6,9-10,19H,4,7-8,11-17H2,1-2H3,(H2,23,24,25). The molecule has 1 saturated heterocycles. The summed E-state index contributed by atoms with van der Waals surface area (Å²) >= 11 is 0. The Hall–Kier alpha value is -2.12. The van der Waals surface area contributed by atoms with Crippen LogP contribution in [0.15, 0.2) is 35.3 Å². The predicted molar refractivity (Wildman–Crippen MR) is 114 cm³/mol. The first-order valence-electron chi connectivity index (χ1n) is 10.6. The molecule has 7 nitrogen and oxygen atoms in total. The first kappa shape index (κ1) is 21.6. The Morgan fingerprint density at radius 2 is 1.93 bits per heavy atom. The summed E-state index contributed by atoms with van der Waals surface area (Å²) in [5.41, 5.74) is 1.26. The van der Waals surface area contributed by atoms with Crippen LogP contribution in [0.2, 0.25) is 0 Å². The van der Waals surface area contributed by atoms with E-state index in [0.29, 0.717) is 19.1 Å². The van der Waals surface area contributed by atoms with Crippen LogP contribution in [-0.2, 0) is 20.7 Å². The van der Waals surface area contributed by atoms with Crippen LogP contribution >= 0.6 is 0 Å². The molecule has 2 fully saturated rings. The number of aliphatic imine (C=N–C) groups is 1. The summed E-state index contributed by atoms with van der Waals surface area (Å²) in [7, 11) is 3.47. The smallest absolute Gasteiger partial charge is 0.243 e. The number of amides is 1. The molecule has 0 bridgehead atoms. The largest absolute Gasteiger partial charge is 0.356 e. The maximum absolute atomic E-state index is 11.9. The summed E-state index contributed by atoms with van der Waals surface area (Å²) in [4.78, 5) is 17.9. The summed E-state index contributed by atoms with van der Waals surface area (Å²) in [5.74, 6) is 0.226. The molecule has 1 aromatic rings. The highest BCUT2D eigenvalue weighted by atomic mass is 16.7. The minimum Gasteiger partial charge on any atom is -0.356 e. The van der Waals surface area contributed by atoms with Crippen LogP contribution in [-0.4, -0.2) is 69.0 Å². The molecule has 1 amide bonds. The van der Waals surface area contributed by atoms with E-state index < -0.39 is 0 Å². The molecule has 1 aromatic carbocycles. The van der Waals surface area contributed by atoms with Gasteiger partial charge in [0.1, 0.15) is 12.6 Å². The zero-order valence-electron chi connectivity index (χ0n) is 17.7. The highest BCUT2D eigenvalue weighted by Crippen LogP contribution is 2.37.